The van der Waals surface area contributed by atoms with Crippen LogP contribution in [0, 0.1) is 0 Å². The molecule has 0 saturated carbocycles. The van der Waals surface area contributed by atoms with Crippen molar-refractivity contribution in [2.24, 2.45) is 5.73 Å². The lowest BCUT2D eigenvalue weighted by atomic mass is 10.1. The Kier molecular flexibility index (Phi) is 5.13. The number of aromatic nitrogens is 2. The van der Waals surface area contributed by atoms with Gasteiger partial charge in [-0.1, -0.05) is 12.1 Å². The molecular weight excluding hydrogens is 352 g/mol. The maximum absolute atomic E-state index is 13.4. The number of hydrogen-bond donors (Lipinski definition) is 3. The standard InChI is InChI=1S/C21H26N6O/c1-23-10-11-24-16-8-7-14-17(13-26(2)12-9-22)25-27-18-6-4-3-5-15(18)21(28)19(16)20(14)27/h3-8,23-24H,9-13,22H2,1-2H3. The molecule has 0 aliphatic rings. The van der Waals surface area contributed by atoms with Crippen molar-refractivity contribution in [3.63, 3.8) is 0 Å². The van der Waals surface area contributed by atoms with Gasteiger partial charge < -0.3 is 16.4 Å². The Morgan fingerprint density at radius 2 is 1.96 bits per heavy atom. The monoisotopic (exact) mass is 378 g/mol. The minimum Gasteiger partial charge on any atom is -0.383 e. The van der Waals surface area contributed by atoms with Crippen molar-refractivity contribution in [1.29, 1.82) is 0 Å². The van der Waals surface area contributed by atoms with E-state index in [2.05, 4.69) is 21.6 Å². The molecular formula is C21H26N6O. The molecule has 4 N–H and O–H groups in total. The molecule has 0 amide bonds. The molecule has 0 aliphatic carbocycles. The fourth-order valence-electron chi connectivity index (χ4n) is 3.80. The SMILES string of the molecule is CNCCNc1ccc2c(CN(C)CCN)nn3c4ccccc4c(=O)c1c23. The van der Waals surface area contributed by atoms with Gasteiger partial charge in [0.1, 0.15) is 0 Å². The molecule has 0 fully saturated rings. The normalized spacial score (nSPS) is 12.0. The molecule has 2 heterocycles. The Morgan fingerprint density at radius 3 is 2.75 bits per heavy atom. The number of benzene rings is 2. The molecule has 0 atom stereocenters. The topological polar surface area (TPSA) is 87.7 Å². The molecule has 0 saturated heterocycles. The number of fused-ring (bicyclic) bond motifs is 2. The number of para-hydroxylation sites is 1. The van der Waals surface area contributed by atoms with E-state index in [1.165, 1.54) is 0 Å². The summed E-state index contributed by atoms with van der Waals surface area (Å²) < 4.78 is 1.93. The second-order valence-electron chi connectivity index (χ2n) is 7.15. The van der Waals surface area contributed by atoms with Crippen LogP contribution in [0.25, 0.3) is 27.2 Å². The highest BCUT2D eigenvalue weighted by Crippen LogP contribution is 2.31. The summed E-state index contributed by atoms with van der Waals surface area (Å²) in [6.45, 7) is 3.63. The van der Waals surface area contributed by atoms with E-state index in [4.69, 9.17) is 10.8 Å². The Bertz CT molecular complexity index is 1170. The van der Waals surface area contributed by atoms with Crippen LogP contribution in [-0.4, -0.2) is 54.8 Å². The van der Waals surface area contributed by atoms with Gasteiger partial charge >= 0.3 is 0 Å². The Morgan fingerprint density at radius 1 is 1.14 bits per heavy atom. The van der Waals surface area contributed by atoms with E-state index in [0.29, 0.717) is 23.9 Å². The number of nitrogens with zero attached hydrogens (tertiary/aromatic N) is 3. The minimum atomic E-state index is 0.0439. The first kappa shape index (κ1) is 18.6. The van der Waals surface area contributed by atoms with Crippen molar-refractivity contribution in [1.82, 2.24) is 19.8 Å². The highest BCUT2D eigenvalue weighted by atomic mass is 16.1. The van der Waals surface area contributed by atoms with Crippen LogP contribution in [0.5, 0.6) is 0 Å². The number of nitrogens with one attached hydrogen (secondary N) is 2. The van der Waals surface area contributed by atoms with Crippen molar-refractivity contribution in [2.75, 3.05) is 45.6 Å². The average molecular weight is 378 g/mol. The smallest absolute Gasteiger partial charge is 0.199 e. The van der Waals surface area contributed by atoms with Crippen molar-refractivity contribution in [3.8, 4) is 0 Å². The van der Waals surface area contributed by atoms with Crippen molar-refractivity contribution in [3.05, 3.63) is 52.3 Å². The van der Waals surface area contributed by atoms with E-state index in [-0.39, 0.29) is 5.43 Å². The van der Waals surface area contributed by atoms with Gasteiger partial charge in [-0.25, -0.2) is 4.52 Å². The molecule has 0 aliphatic heterocycles. The minimum absolute atomic E-state index is 0.0439. The Hall–Kier alpha value is -2.74. The van der Waals surface area contributed by atoms with Crippen LogP contribution in [0.1, 0.15) is 5.69 Å². The van der Waals surface area contributed by atoms with E-state index in [1.807, 2.05) is 48.9 Å². The molecule has 0 radical (unpaired) electrons. The molecule has 2 aromatic heterocycles. The maximum atomic E-state index is 13.4. The fourth-order valence-corrected chi connectivity index (χ4v) is 3.80. The van der Waals surface area contributed by atoms with Gasteiger partial charge in [-0.3, -0.25) is 9.69 Å². The molecule has 28 heavy (non-hydrogen) atoms. The van der Waals surface area contributed by atoms with Crippen molar-refractivity contribution >= 4 is 32.9 Å². The average Bonchev–Trinajstić information content (AvgIpc) is 3.06. The molecule has 0 bridgehead atoms. The van der Waals surface area contributed by atoms with Crippen LogP contribution in [-0.2, 0) is 6.54 Å². The number of rotatable bonds is 8. The summed E-state index contributed by atoms with van der Waals surface area (Å²) in [5.41, 5.74) is 9.27. The number of anilines is 1. The second kappa shape index (κ2) is 7.71. The van der Waals surface area contributed by atoms with Gasteiger partial charge in [0.2, 0.25) is 0 Å². The highest BCUT2D eigenvalue weighted by molar-refractivity contribution is 6.08. The summed E-state index contributed by atoms with van der Waals surface area (Å²) in [7, 11) is 3.94. The summed E-state index contributed by atoms with van der Waals surface area (Å²) in [6, 6.07) is 11.7. The van der Waals surface area contributed by atoms with Gasteiger partial charge in [-0.05, 0) is 38.4 Å². The van der Waals surface area contributed by atoms with Crippen LogP contribution in [0.4, 0.5) is 5.69 Å². The Labute approximate surface area is 163 Å². The molecule has 2 aromatic carbocycles. The third-order valence-electron chi connectivity index (χ3n) is 5.15. The number of pyridine rings is 1. The molecule has 0 unspecified atom stereocenters. The second-order valence-corrected chi connectivity index (χ2v) is 7.15. The lowest BCUT2D eigenvalue weighted by Gasteiger charge is -2.13. The lowest BCUT2D eigenvalue weighted by molar-refractivity contribution is 0.333. The van der Waals surface area contributed by atoms with Gasteiger partial charge in [0.25, 0.3) is 0 Å². The van der Waals surface area contributed by atoms with Gasteiger partial charge in [0.15, 0.2) is 5.43 Å². The van der Waals surface area contributed by atoms with E-state index >= 15 is 0 Å². The zero-order valence-electron chi connectivity index (χ0n) is 16.3. The fraction of sp³-hybridized carbons (Fsp3) is 0.333. The van der Waals surface area contributed by atoms with Gasteiger partial charge in [-0.2, -0.15) is 5.10 Å². The first-order valence-electron chi connectivity index (χ1n) is 9.61. The van der Waals surface area contributed by atoms with Crippen LogP contribution in [0.3, 0.4) is 0 Å². The van der Waals surface area contributed by atoms with Crippen molar-refractivity contribution < 1.29 is 0 Å². The third-order valence-corrected chi connectivity index (χ3v) is 5.15. The molecule has 146 valence electrons. The molecule has 7 heteroatoms. The van der Waals surface area contributed by atoms with E-state index in [1.54, 1.807) is 0 Å². The van der Waals surface area contributed by atoms with E-state index in [9.17, 15) is 4.79 Å². The summed E-state index contributed by atoms with van der Waals surface area (Å²) >= 11 is 0. The maximum Gasteiger partial charge on any atom is 0.199 e. The third kappa shape index (κ3) is 3.07. The predicted octanol–water partition coefficient (Wildman–Crippen LogP) is 1.46. The molecule has 4 rings (SSSR count). The summed E-state index contributed by atoms with van der Waals surface area (Å²) in [4.78, 5) is 15.5. The first-order valence-corrected chi connectivity index (χ1v) is 9.61. The summed E-state index contributed by atoms with van der Waals surface area (Å²) in [5.74, 6) is 0. The summed E-state index contributed by atoms with van der Waals surface area (Å²) in [6.07, 6.45) is 0. The van der Waals surface area contributed by atoms with E-state index in [0.717, 1.165) is 47.4 Å². The van der Waals surface area contributed by atoms with Gasteiger partial charge in [0.05, 0.1) is 22.1 Å². The number of nitrogens with two attached hydrogens (primary N) is 1. The highest BCUT2D eigenvalue weighted by Gasteiger charge is 2.20. The Balaban J connectivity index is 1.99. The van der Waals surface area contributed by atoms with Gasteiger partial charge in [0, 0.05) is 49.2 Å². The largest absolute Gasteiger partial charge is 0.383 e. The molecule has 7 nitrogen and oxygen atoms in total. The van der Waals surface area contributed by atoms with Crippen molar-refractivity contribution in [2.45, 2.75) is 6.54 Å². The van der Waals surface area contributed by atoms with Crippen LogP contribution in [0.2, 0.25) is 0 Å². The predicted molar refractivity (Wildman–Crippen MR) is 115 cm³/mol. The quantitative estimate of drug-likeness (QED) is 0.318. The first-order chi connectivity index (χ1) is 13.7. The number of likely N-dealkylation sites (N-methyl/N-ethyl adjacent to an activating group) is 2. The molecule has 0 spiro atoms. The number of hydrogen-bond acceptors (Lipinski definition) is 6. The van der Waals surface area contributed by atoms with Gasteiger partial charge in [-0.15, -0.1) is 0 Å². The van der Waals surface area contributed by atoms with Crippen LogP contribution >= 0.6 is 0 Å². The summed E-state index contributed by atoms with van der Waals surface area (Å²) in [5, 5.41) is 13.8. The van der Waals surface area contributed by atoms with Crippen LogP contribution < -0.4 is 21.8 Å². The molecule has 4 aromatic rings. The lowest BCUT2D eigenvalue weighted by Crippen LogP contribution is -2.25. The zero-order chi connectivity index (χ0) is 19.7. The van der Waals surface area contributed by atoms with Crippen LogP contribution in [0.15, 0.2) is 41.2 Å². The zero-order valence-corrected chi connectivity index (χ0v) is 16.3. The van der Waals surface area contributed by atoms with E-state index < -0.39 is 0 Å².